The van der Waals surface area contributed by atoms with E-state index in [1.54, 1.807) is 28.4 Å². The molecule has 4 aromatic rings. The monoisotopic (exact) mass is 728 g/mol. The average molecular weight is 729 g/mol. The lowest BCUT2D eigenvalue weighted by Gasteiger charge is -2.42. The van der Waals surface area contributed by atoms with Crippen LogP contribution in [0.4, 0.5) is 0 Å². The first-order valence-electron chi connectivity index (χ1n) is 17.9. The fraction of sp³-hybridized carbons (Fsp3) is 0.442. The summed E-state index contributed by atoms with van der Waals surface area (Å²) in [6.45, 7) is 17.4. The van der Waals surface area contributed by atoms with Gasteiger partial charge in [0.05, 0.1) is 56.9 Å². The van der Waals surface area contributed by atoms with E-state index in [0.29, 0.717) is 11.8 Å². The van der Waals surface area contributed by atoms with Crippen LogP contribution in [0.2, 0.25) is 0 Å². The summed E-state index contributed by atoms with van der Waals surface area (Å²) in [5, 5.41) is 5.01. The lowest BCUT2D eigenvalue weighted by Crippen LogP contribution is -2.40. The van der Waals surface area contributed by atoms with Crippen molar-refractivity contribution in [3.05, 3.63) is 93.0 Å². The minimum Gasteiger partial charge on any atom is -0.496 e. The van der Waals surface area contributed by atoms with Gasteiger partial charge >= 0.3 is 0 Å². The summed E-state index contributed by atoms with van der Waals surface area (Å²) in [5.41, 5.74) is 9.59. The molecule has 4 aromatic carbocycles. The van der Waals surface area contributed by atoms with Crippen molar-refractivity contribution in [2.45, 2.75) is 86.9 Å². The van der Waals surface area contributed by atoms with Gasteiger partial charge in [-0.05, 0) is 180 Å². The van der Waals surface area contributed by atoms with Crippen LogP contribution < -0.4 is 40.2 Å². The predicted molar refractivity (Wildman–Crippen MR) is 213 cm³/mol. The van der Waals surface area contributed by atoms with Gasteiger partial charge in [0.25, 0.3) is 0 Å². The van der Waals surface area contributed by atoms with E-state index in [9.17, 15) is 0 Å². The number of benzene rings is 4. The normalized spacial score (nSPS) is 19.6. The summed E-state index contributed by atoms with van der Waals surface area (Å²) in [6.07, 6.45) is 3.46. The van der Waals surface area contributed by atoms with E-state index in [4.69, 9.17) is 28.0 Å². The molecule has 0 radical (unpaired) electrons. The second kappa shape index (κ2) is 15.5. The third-order valence-corrected chi connectivity index (χ3v) is 16.5. The Balaban J connectivity index is 1.30. The van der Waals surface area contributed by atoms with Crippen molar-refractivity contribution in [3.8, 4) is 23.0 Å². The van der Waals surface area contributed by atoms with Crippen molar-refractivity contribution in [2.75, 3.05) is 28.4 Å². The first-order valence-corrected chi connectivity index (χ1v) is 20.5. The molecule has 0 aliphatic heterocycles. The molecule has 6 rings (SSSR count). The molecule has 0 unspecified atom stereocenters. The number of hydrogen-bond acceptors (Lipinski definition) is 6. The molecular weight excluding hydrogens is 674 g/mol. The molecule has 272 valence electrons. The van der Waals surface area contributed by atoms with Gasteiger partial charge < -0.3 is 28.0 Å². The fourth-order valence-corrected chi connectivity index (χ4v) is 12.7. The highest BCUT2D eigenvalue weighted by molar-refractivity contribution is 7.69. The number of methoxy groups -OCH3 is 4. The van der Waals surface area contributed by atoms with Gasteiger partial charge in [-0.2, -0.15) is 0 Å². The van der Waals surface area contributed by atoms with Crippen LogP contribution in [-0.4, -0.2) is 40.6 Å². The second-order valence-electron chi connectivity index (χ2n) is 14.2. The Kier molecular flexibility index (Phi) is 11.4. The maximum absolute atomic E-state index is 7.34. The summed E-state index contributed by atoms with van der Waals surface area (Å²) in [7, 11) is 4.80. The minimum atomic E-state index is -1.08. The molecule has 2 saturated carbocycles. The number of hydrogen-bond donors (Lipinski definition) is 0. The standard InChI is InChI=1S/C43H54O6P2/c1-24-28(5)40(17-13-35(24)44-9)50(41-18-14-36(45-10)25(2)29(41)6)48-33-21-32-22-39(34(32)23-33)49-51(42-19-15-37(46-11)26(3)30(42)7)43-20-16-38(47-12)27(4)31(43)8/h13-20,32-34,39H,21-23H2,1-12H3/t32-,33-,34-,39+/m0/s1. The highest BCUT2D eigenvalue weighted by Gasteiger charge is 2.50. The van der Waals surface area contributed by atoms with Gasteiger partial charge in [0.2, 0.25) is 0 Å². The first kappa shape index (κ1) is 37.6. The van der Waals surface area contributed by atoms with Crippen LogP contribution in [0.1, 0.15) is 63.8 Å². The molecule has 0 spiro atoms. The van der Waals surface area contributed by atoms with Crippen molar-refractivity contribution in [2.24, 2.45) is 11.8 Å². The fourth-order valence-electron chi connectivity index (χ4n) is 7.98. The quantitative estimate of drug-likeness (QED) is 0.136. The topological polar surface area (TPSA) is 55.4 Å². The summed E-state index contributed by atoms with van der Waals surface area (Å²) in [5.74, 6) is 4.71. The molecule has 4 atom stereocenters. The Hall–Kier alpha value is -3.14. The van der Waals surface area contributed by atoms with Crippen molar-refractivity contribution in [3.63, 3.8) is 0 Å². The second-order valence-corrected chi connectivity index (χ2v) is 17.8. The largest absolute Gasteiger partial charge is 0.496 e. The first-order chi connectivity index (χ1) is 24.4. The third-order valence-electron chi connectivity index (χ3n) is 11.8. The SMILES string of the molecule is COc1ccc(P(O[C@H]2C[C@H]3C[C@@H](OP(c4ccc(OC)c(C)c4C)c4ccc(OC)c(C)c4C)[C@H]3C2)c2ccc(OC)c(C)c2C)c(C)c1C. The molecule has 6 nitrogen and oxygen atoms in total. The van der Waals surface area contributed by atoms with Crippen molar-refractivity contribution < 1.29 is 28.0 Å². The zero-order valence-electron chi connectivity index (χ0n) is 32.4. The third kappa shape index (κ3) is 6.91. The van der Waals surface area contributed by atoms with Crippen molar-refractivity contribution >= 4 is 37.5 Å². The van der Waals surface area contributed by atoms with Gasteiger partial charge in [-0.15, -0.1) is 0 Å². The molecular formula is C43H54O6P2. The van der Waals surface area contributed by atoms with Crippen LogP contribution in [0, 0.1) is 67.2 Å². The minimum absolute atomic E-state index is 0.157. The van der Waals surface area contributed by atoms with Crippen LogP contribution in [0.3, 0.4) is 0 Å². The predicted octanol–water partition coefficient (Wildman–Crippen LogP) is 8.78. The summed E-state index contributed by atoms with van der Waals surface area (Å²) in [6, 6.07) is 17.2. The Bertz CT molecular complexity index is 1680. The highest BCUT2D eigenvalue weighted by Crippen LogP contribution is 2.56. The van der Waals surface area contributed by atoms with E-state index < -0.39 is 16.3 Å². The zero-order valence-corrected chi connectivity index (χ0v) is 34.2. The maximum atomic E-state index is 7.34. The number of ether oxygens (including phenoxy) is 4. The summed E-state index contributed by atoms with van der Waals surface area (Å²) >= 11 is 0. The molecule has 0 amide bonds. The van der Waals surface area contributed by atoms with E-state index in [1.165, 1.54) is 43.5 Å². The highest BCUT2D eigenvalue weighted by atomic mass is 31.1. The van der Waals surface area contributed by atoms with Crippen LogP contribution >= 0.6 is 16.3 Å². The van der Waals surface area contributed by atoms with Crippen LogP contribution in [0.15, 0.2) is 48.5 Å². The molecule has 0 aromatic heterocycles. The lowest BCUT2D eigenvalue weighted by atomic mass is 9.74. The van der Waals surface area contributed by atoms with Gasteiger partial charge in [0.15, 0.2) is 0 Å². The molecule has 0 saturated heterocycles. The average Bonchev–Trinajstić information content (AvgIpc) is 3.44. The van der Waals surface area contributed by atoms with Crippen LogP contribution in [-0.2, 0) is 9.05 Å². The lowest BCUT2D eigenvalue weighted by molar-refractivity contribution is 0.0161. The smallest absolute Gasteiger partial charge is 0.122 e. The molecule has 2 fully saturated rings. The van der Waals surface area contributed by atoms with Crippen LogP contribution in [0.25, 0.3) is 0 Å². The molecule has 2 aliphatic carbocycles. The molecule has 8 heteroatoms. The molecule has 0 N–H and O–H groups in total. The number of fused-ring (bicyclic) bond motifs is 1. The molecule has 0 heterocycles. The van der Waals surface area contributed by atoms with E-state index in [1.807, 2.05) is 0 Å². The summed E-state index contributed by atoms with van der Waals surface area (Å²) < 4.78 is 37.4. The Morgan fingerprint density at radius 3 is 1.08 bits per heavy atom. The molecule has 0 bridgehead atoms. The summed E-state index contributed by atoms with van der Waals surface area (Å²) in [4.78, 5) is 0. The van der Waals surface area contributed by atoms with E-state index >= 15 is 0 Å². The van der Waals surface area contributed by atoms with Gasteiger partial charge in [-0.3, -0.25) is 0 Å². The van der Waals surface area contributed by atoms with E-state index in [-0.39, 0.29) is 12.2 Å². The van der Waals surface area contributed by atoms with Crippen molar-refractivity contribution in [1.82, 2.24) is 0 Å². The van der Waals surface area contributed by atoms with Crippen LogP contribution in [0.5, 0.6) is 23.0 Å². The Labute approximate surface area is 307 Å². The Morgan fingerprint density at radius 1 is 0.412 bits per heavy atom. The van der Waals surface area contributed by atoms with Gasteiger partial charge in [-0.25, -0.2) is 0 Å². The van der Waals surface area contributed by atoms with Gasteiger partial charge in [0, 0.05) is 21.2 Å². The van der Waals surface area contributed by atoms with E-state index in [0.717, 1.165) is 64.5 Å². The van der Waals surface area contributed by atoms with E-state index in [2.05, 4.69) is 104 Å². The Morgan fingerprint density at radius 2 is 0.745 bits per heavy atom. The zero-order chi connectivity index (χ0) is 36.7. The molecule has 2 aliphatic rings. The van der Waals surface area contributed by atoms with Gasteiger partial charge in [-0.1, -0.05) is 0 Å². The maximum Gasteiger partial charge on any atom is 0.122 e. The van der Waals surface area contributed by atoms with Gasteiger partial charge in [0.1, 0.15) is 23.0 Å². The number of rotatable bonds is 12. The molecule has 51 heavy (non-hydrogen) atoms. The van der Waals surface area contributed by atoms with Crippen molar-refractivity contribution in [1.29, 1.82) is 0 Å².